The van der Waals surface area contributed by atoms with Crippen LogP contribution in [0.5, 0.6) is 11.5 Å². The number of rotatable bonds is 10. The standard InChI is InChI=1S/C28H35N3O5S/c1-19(2)16-35-24-11-7-22(8-12-24)26-15-27(31(30-26)23-13-14-37(33,34)18-23)29-28(32)17-36-25-9-5-21(6-10-25)20(3)4/h5-12,15,19-20,23H,13-14,16-18H2,1-4H3,(H,29,32). The maximum Gasteiger partial charge on any atom is 0.263 e. The van der Waals surface area contributed by atoms with E-state index >= 15 is 0 Å². The van der Waals surface area contributed by atoms with Crippen LogP contribution in [0.1, 0.15) is 51.6 Å². The summed E-state index contributed by atoms with van der Waals surface area (Å²) < 4.78 is 37.3. The number of sulfone groups is 1. The van der Waals surface area contributed by atoms with Gasteiger partial charge in [-0.3, -0.25) is 4.79 Å². The van der Waals surface area contributed by atoms with E-state index in [0.29, 0.717) is 42.1 Å². The Hall–Kier alpha value is -3.33. The molecule has 37 heavy (non-hydrogen) atoms. The summed E-state index contributed by atoms with van der Waals surface area (Å²) in [5.74, 6) is 2.42. The molecule has 3 aromatic rings. The van der Waals surface area contributed by atoms with E-state index in [4.69, 9.17) is 9.47 Å². The third-order valence-corrected chi connectivity index (χ3v) is 7.96. The van der Waals surface area contributed by atoms with Gasteiger partial charge in [0, 0.05) is 11.6 Å². The van der Waals surface area contributed by atoms with Gasteiger partial charge in [-0.15, -0.1) is 0 Å². The third-order valence-electron chi connectivity index (χ3n) is 6.21. The Morgan fingerprint density at radius 1 is 1.03 bits per heavy atom. The number of carbonyl (C=O) groups is 1. The van der Waals surface area contributed by atoms with E-state index in [9.17, 15) is 13.2 Å². The molecule has 1 atom stereocenters. The number of carbonyl (C=O) groups excluding carboxylic acids is 1. The van der Waals surface area contributed by atoms with Gasteiger partial charge in [0.05, 0.1) is 29.8 Å². The Morgan fingerprint density at radius 2 is 1.68 bits per heavy atom. The molecule has 1 aliphatic heterocycles. The SMILES string of the molecule is CC(C)COc1ccc(-c2cc(NC(=O)COc3ccc(C(C)C)cc3)n(C3CCS(=O)(=O)C3)n2)cc1. The van der Waals surface area contributed by atoms with Crippen LogP contribution in [0.25, 0.3) is 11.3 Å². The summed E-state index contributed by atoms with van der Waals surface area (Å²) in [6.07, 6.45) is 0.451. The van der Waals surface area contributed by atoms with E-state index in [2.05, 4.69) is 38.1 Å². The van der Waals surface area contributed by atoms with Crippen molar-refractivity contribution in [2.45, 2.75) is 46.1 Å². The highest BCUT2D eigenvalue weighted by molar-refractivity contribution is 7.91. The van der Waals surface area contributed by atoms with Gasteiger partial charge in [0.15, 0.2) is 16.4 Å². The quantitative estimate of drug-likeness (QED) is 0.396. The van der Waals surface area contributed by atoms with Crippen LogP contribution in [-0.4, -0.2) is 48.8 Å². The molecular formula is C28H35N3O5S. The predicted molar refractivity (Wildman–Crippen MR) is 145 cm³/mol. The molecule has 1 aliphatic rings. The molecule has 1 aromatic heterocycles. The first kappa shape index (κ1) is 26.7. The van der Waals surface area contributed by atoms with E-state index in [0.717, 1.165) is 11.3 Å². The molecule has 1 saturated heterocycles. The highest BCUT2D eigenvalue weighted by Gasteiger charge is 2.32. The van der Waals surface area contributed by atoms with Crippen molar-refractivity contribution < 1.29 is 22.7 Å². The summed E-state index contributed by atoms with van der Waals surface area (Å²) in [6.45, 7) is 8.87. The van der Waals surface area contributed by atoms with Crippen molar-refractivity contribution in [3.8, 4) is 22.8 Å². The molecule has 2 heterocycles. The van der Waals surface area contributed by atoms with E-state index in [1.807, 2.05) is 48.5 Å². The van der Waals surface area contributed by atoms with Crippen LogP contribution in [0.4, 0.5) is 5.82 Å². The second kappa shape index (κ2) is 11.4. The lowest BCUT2D eigenvalue weighted by molar-refractivity contribution is -0.118. The summed E-state index contributed by atoms with van der Waals surface area (Å²) in [6, 6.07) is 16.7. The summed E-state index contributed by atoms with van der Waals surface area (Å²) in [7, 11) is -3.13. The number of anilines is 1. The number of benzene rings is 2. The van der Waals surface area contributed by atoms with Crippen LogP contribution in [0, 0.1) is 5.92 Å². The fourth-order valence-electron chi connectivity index (χ4n) is 4.14. The molecule has 0 aliphatic carbocycles. The average molecular weight is 526 g/mol. The van der Waals surface area contributed by atoms with E-state index < -0.39 is 9.84 Å². The Kier molecular flexibility index (Phi) is 8.22. The van der Waals surface area contributed by atoms with Gasteiger partial charge in [-0.25, -0.2) is 13.1 Å². The Labute approximate surface area is 218 Å². The first-order valence-corrected chi connectivity index (χ1v) is 14.5. The molecule has 9 heteroatoms. The van der Waals surface area contributed by atoms with Crippen molar-refractivity contribution in [2.75, 3.05) is 30.0 Å². The molecule has 0 bridgehead atoms. The van der Waals surface area contributed by atoms with Crippen LogP contribution >= 0.6 is 0 Å². The first-order valence-electron chi connectivity index (χ1n) is 12.7. The van der Waals surface area contributed by atoms with Gasteiger partial charge in [-0.05, 0) is 60.2 Å². The zero-order valence-corrected chi connectivity index (χ0v) is 22.6. The van der Waals surface area contributed by atoms with Gasteiger partial charge in [0.25, 0.3) is 5.91 Å². The van der Waals surface area contributed by atoms with Gasteiger partial charge in [0.2, 0.25) is 0 Å². The van der Waals surface area contributed by atoms with Crippen LogP contribution in [0.2, 0.25) is 0 Å². The molecule has 1 N–H and O–H groups in total. The Bertz CT molecular complexity index is 1310. The summed E-state index contributed by atoms with van der Waals surface area (Å²) in [4.78, 5) is 12.8. The molecule has 0 spiro atoms. The smallest absolute Gasteiger partial charge is 0.263 e. The number of nitrogens with zero attached hydrogens (tertiary/aromatic N) is 2. The van der Waals surface area contributed by atoms with Crippen LogP contribution in [0.3, 0.4) is 0 Å². The van der Waals surface area contributed by atoms with E-state index in [-0.39, 0.29) is 30.1 Å². The largest absolute Gasteiger partial charge is 0.493 e. The number of nitrogens with one attached hydrogen (secondary N) is 1. The van der Waals surface area contributed by atoms with Gasteiger partial charge in [-0.1, -0.05) is 39.8 Å². The highest BCUT2D eigenvalue weighted by atomic mass is 32.2. The fourth-order valence-corrected chi connectivity index (χ4v) is 5.83. The maximum absolute atomic E-state index is 12.8. The van der Waals surface area contributed by atoms with E-state index in [1.165, 1.54) is 5.56 Å². The maximum atomic E-state index is 12.8. The summed E-state index contributed by atoms with van der Waals surface area (Å²) in [5.41, 5.74) is 2.67. The van der Waals surface area contributed by atoms with Crippen molar-refractivity contribution >= 4 is 21.6 Å². The van der Waals surface area contributed by atoms with Crippen molar-refractivity contribution in [3.63, 3.8) is 0 Å². The minimum absolute atomic E-state index is 0.00231. The van der Waals surface area contributed by atoms with Crippen LogP contribution in [0.15, 0.2) is 54.6 Å². The van der Waals surface area contributed by atoms with Gasteiger partial charge < -0.3 is 14.8 Å². The molecule has 1 unspecified atom stereocenters. The molecular weight excluding hydrogens is 490 g/mol. The molecule has 1 amide bonds. The van der Waals surface area contributed by atoms with Crippen molar-refractivity contribution in [2.24, 2.45) is 5.92 Å². The molecule has 198 valence electrons. The van der Waals surface area contributed by atoms with Crippen molar-refractivity contribution in [3.05, 3.63) is 60.2 Å². The minimum atomic E-state index is -3.13. The first-order chi connectivity index (χ1) is 17.6. The van der Waals surface area contributed by atoms with Crippen LogP contribution in [-0.2, 0) is 14.6 Å². The third kappa shape index (κ3) is 7.13. The van der Waals surface area contributed by atoms with Gasteiger partial charge in [0.1, 0.15) is 17.3 Å². The lowest BCUT2D eigenvalue weighted by Gasteiger charge is -2.14. The fraction of sp³-hybridized carbons (Fsp3) is 0.429. The molecule has 2 aromatic carbocycles. The van der Waals surface area contributed by atoms with Crippen molar-refractivity contribution in [1.29, 1.82) is 0 Å². The summed E-state index contributed by atoms with van der Waals surface area (Å²) in [5, 5.41) is 7.55. The average Bonchev–Trinajstić information content (AvgIpc) is 3.44. The minimum Gasteiger partial charge on any atom is -0.493 e. The molecule has 0 radical (unpaired) electrons. The number of hydrogen-bond acceptors (Lipinski definition) is 6. The number of amides is 1. The lowest BCUT2D eigenvalue weighted by atomic mass is 10.0. The zero-order valence-electron chi connectivity index (χ0n) is 21.8. The number of hydrogen-bond donors (Lipinski definition) is 1. The number of ether oxygens (including phenoxy) is 2. The monoisotopic (exact) mass is 525 g/mol. The Morgan fingerprint density at radius 3 is 2.27 bits per heavy atom. The highest BCUT2D eigenvalue weighted by Crippen LogP contribution is 2.31. The van der Waals surface area contributed by atoms with Gasteiger partial charge >= 0.3 is 0 Å². The predicted octanol–water partition coefficient (Wildman–Crippen LogP) is 5.09. The van der Waals surface area contributed by atoms with E-state index in [1.54, 1.807) is 10.7 Å². The molecule has 4 rings (SSSR count). The normalized spacial score (nSPS) is 16.8. The zero-order chi connectivity index (χ0) is 26.6. The van der Waals surface area contributed by atoms with Crippen molar-refractivity contribution in [1.82, 2.24) is 9.78 Å². The molecule has 8 nitrogen and oxygen atoms in total. The lowest BCUT2D eigenvalue weighted by Crippen LogP contribution is -2.23. The molecule has 1 fully saturated rings. The number of aromatic nitrogens is 2. The second-order valence-electron chi connectivity index (χ2n) is 10.2. The summed E-state index contributed by atoms with van der Waals surface area (Å²) >= 11 is 0. The van der Waals surface area contributed by atoms with Gasteiger partial charge in [-0.2, -0.15) is 5.10 Å². The Balaban J connectivity index is 1.49. The topological polar surface area (TPSA) is 99.5 Å². The van der Waals surface area contributed by atoms with Crippen LogP contribution < -0.4 is 14.8 Å². The molecule has 0 saturated carbocycles. The second-order valence-corrected chi connectivity index (χ2v) is 12.4.